The van der Waals surface area contributed by atoms with Gasteiger partial charge in [0.2, 0.25) is 0 Å². The Bertz CT molecular complexity index is 666. The molecule has 0 saturated carbocycles. The van der Waals surface area contributed by atoms with Crippen LogP contribution in [-0.2, 0) is 0 Å². The van der Waals surface area contributed by atoms with Crippen molar-refractivity contribution in [3.05, 3.63) is 57.0 Å². The number of rotatable bonds is 2. The first-order valence-corrected chi connectivity index (χ1v) is 4.84. The van der Waals surface area contributed by atoms with Crippen molar-refractivity contribution in [2.75, 3.05) is 0 Å². The van der Waals surface area contributed by atoms with Crippen LogP contribution in [0.15, 0.2) is 35.4 Å². The zero-order chi connectivity index (χ0) is 14.3. The monoisotopic (exact) mass is 296 g/mol. The van der Waals surface area contributed by atoms with E-state index in [4.69, 9.17) is 16.2 Å². The number of nitrogens with one attached hydrogen (secondary N) is 2. The van der Waals surface area contributed by atoms with Gasteiger partial charge >= 0.3 is 5.97 Å². The first-order chi connectivity index (χ1) is 9.10. The lowest BCUT2D eigenvalue weighted by molar-refractivity contribution is 0.0694. The maximum Gasteiger partial charge on any atom is 0.341 e. The van der Waals surface area contributed by atoms with E-state index in [-0.39, 0.29) is 18.0 Å². The minimum atomic E-state index is -1.28. The zero-order valence-electron chi connectivity index (χ0n) is 9.85. The number of aromatic nitrogens is 3. The van der Waals surface area contributed by atoms with Crippen molar-refractivity contribution in [3.8, 4) is 11.3 Å². The molecule has 9 nitrogen and oxygen atoms in total. The molecule has 2 aromatic heterocycles. The minimum Gasteiger partial charge on any atom is -0.477 e. The lowest BCUT2D eigenvalue weighted by atomic mass is 10.1. The third kappa shape index (κ3) is 4.41. The molecule has 0 atom stereocenters. The highest BCUT2D eigenvalue weighted by Gasteiger charge is 2.11. The number of hydrogen-bond donors (Lipinski definition) is 3. The Hall–Kier alpha value is -2.90. The molecule has 0 amide bonds. The SMILES string of the molecule is Cl.O=C(O)c1cc(-c2ccncc2)n[nH]c1=O.[N-]=[N+]=N. The number of carboxylic acid groups (broad SMARTS) is 1. The molecular formula is C10H9ClN6O3. The van der Waals surface area contributed by atoms with E-state index in [0.717, 1.165) is 0 Å². The molecule has 0 aromatic carbocycles. The molecule has 2 aromatic rings. The molecular weight excluding hydrogens is 288 g/mol. The second-order valence-corrected chi connectivity index (χ2v) is 3.14. The van der Waals surface area contributed by atoms with E-state index < -0.39 is 11.5 Å². The summed E-state index contributed by atoms with van der Waals surface area (Å²) < 4.78 is 0. The van der Waals surface area contributed by atoms with Crippen LogP contribution in [0.2, 0.25) is 0 Å². The molecule has 0 saturated heterocycles. The highest BCUT2D eigenvalue weighted by atomic mass is 35.5. The van der Waals surface area contributed by atoms with Crippen molar-refractivity contribution in [3.63, 3.8) is 0 Å². The summed E-state index contributed by atoms with van der Waals surface area (Å²) in [6.45, 7) is 0. The number of carboxylic acids is 1. The lowest BCUT2D eigenvalue weighted by Gasteiger charge is -2.00. The fraction of sp³-hybridized carbons (Fsp3) is 0. The van der Waals surface area contributed by atoms with Gasteiger partial charge in [-0.2, -0.15) is 5.10 Å². The fourth-order valence-electron chi connectivity index (χ4n) is 1.24. The molecule has 0 aliphatic heterocycles. The molecule has 20 heavy (non-hydrogen) atoms. The number of hydrogen-bond acceptors (Lipinski definition) is 5. The van der Waals surface area contributed by atoms with Crippen molar-refractivity contribution in [2.45, 2.75) is 0 Å². The second kappa shape index (κ2) is 8.25. The van der Waals surface area contributed by atoms with Crippen molar-refractivity contribution in [1.82, 2.24) is 15.2 Å². The summed E-state index contributed by atoms with van der Waals surface area (Å²) in [5.41, 5.74) is 12.3. The van der Waals surface area contributed by atoms with Gasteiger partial charge < -0.3 is 5.11 Å². The number of carbonyl (C=O) groups is 1. The standard InChI is InChI=1S/C10H7N3O3.ClH.HN3/c14-9-7(10(15)16)5-8(12-13-9)6-1-3-11-4-2-6;;1-3-2/h1-5H,(H,13,14)(H,15,16);1H;1H. The number of pyridine rings is 1. The average molecular weight is 297 g/mol. The van der Waals surface area contributed by atoms with Crippen LogP contribution in [-0.4, -0.2) is 26.3 Å². The lowest BCUT2D eigenvalue weighted by Crippen LogP contribution is -2.18. The Morgan fingerprint density at radius 1 is 1.40 bits per heavy atom. The highest BCUT2D eigenvalue weighted by molar-refractivity contribution is 5.88. The van der Waals surface area contributed by atoms with Gasteiger partial charge in [0.05, 0.1) is 5.69 Å². The predicted molar refractivity (Wildman–Crippen MR) is 71.7 cm³/mol. The quantitative estimate of drug-likeness (QED) is 0.437. The summed E-state index contributed by atoms with van der Waals surface area (Å²) in [5, 5.41) is 14.7. The molecule has 0 radical (unpaired) electrons. The molecule has 2 rings (SSSR count). The molecule has 10 heteroatoms. The second-order valence-electron chi connectivity index (χ2n) is 3.14. The number of nitrogens with zero attached hydrogens (tertiary/aromatic N) is 4. The van der Waals surface area contributed by atoms with Crippen LogP contribution in [0.25, 0.3) is 21.7 Å². The van der Waals surface area contributed by atoms with E-state index in [1.807, 2.05) is 0 Å². The largest absolute Gasteiger partial charge is 0.477 e. The van der Waals surface area contributed by atoms with Gasteiger partial charge in [0.15, 0.2) is 0 Å². The summed E-state index contributed by atoms with van der Waals surface area (Å²) >= 11 is 0. The Kier molecular flexibility index (Phi) is 7.05. The van der Waals surface area contributed by atoms with Crippen molar-refractivity contribution >= 4 is 18.4 Å². The third-order valence-corrected chi connectivity index (χ3v) is 2.01. The first-order valence-electron chi connectivity index (χ1n) is 4.84. The Balaban J connectivity index is 0.000000830. The van der Waals surface area contributed by atoms with Crippen LogP contribution in [0.4, 0.5) is 0 Å². The van der Waals surface area contributed by atoms with E-state index in [9.17, 15) is 9.59 Å². The molecule has 3 N–H and O–H groups in total. The van der Waals surface area contributed by atoms with E-state index in [2.05, 4.69) is 15.2 Å². The third-order valence-electron chi connectivity index (χ3n) is 2.01. The maximum atomic E-state index is 11.1. The van der Waals surface area contributed by atoms with Crippen LogP contribution >= 0.6 is 12.4 Å². The number of H-pyrrole nitrogens is 1. The normalized spacial score (nSPS) is 8.40. The van der Waals surface area contributed by atoms with Gasteiger partial charge in [-0.1, -0.05) is 0 Å². The summed E-state index contributed by atoms with van der Waals surface area (Å²) in [6, 6.07) is 4.58. The molecule has 0 aliphatic rings. The van der Waals surface area contributed by atoms with E-state index in [0.29, 0.717) is 11.3 Å². The van der Waals surface area contributed by atoms with Gasteiger partial charge in [0.25, 0.3) is 5.56 Å². The molecule has 0 unspecified atom stereocenters. The maximum absolute atomic E-state index is 11.1. The zero-order valence-corrected chi connectivity index (χ0v) is 10.7. The number of aromatic carboxylic acids is 1. The van der Waals surface area contributed by atoms with Crippen molar-refractivity contribution in [2.24, 2.45) is 0 Å². The minimum absolute atomic E-state index is 0. The summed E-state index contributed by atoms with van der Waals surface area (Å²) in [5.74, 6) is -1.28. The molecule has 0 spiro atoms. The van der Waals surface area contributed by atoms with Gasteiger partial charge in [-0.3, -0.25) is 9.78 Å². The van der Waals surface area contributed by atoms with Gasteiger partial charge in [-0.15, -0.1) is 17.9 Å². The molecule has 0 bridgehead atoms. The average Bonchev–Trinajstić information content (AvgIpc) is 2.41. The van der Waals surface area contributed by atoms with Crippen LogP contribution in [0.3, 0.4) is 0 Å². The van der Waals surface area contributed by atoms with Gasteiger partial charge in [0, 0.05) is 18.0 Å². The van der Waals surface area contributed by atoms with Crippen LogP contribution in [0.5, 0.6) is 0 Å². The Morgan fingerprint density at radius 3 is 2.45 bits per heavy atom. The number of aromatic amines is 1. The van der Waals surface area contributed by atoms with Crippen molar-refractivity contribution in [1.29, 1.82) is 5.53 Å². The van der Waals surface area contributed by atoms with E-state index in [1.165, 1.54) is 6.07 Å². The first kappa shape index (κ1) is 17.1. The Labute approximate surface area is 118 Å². The molecule has 104 valence electrons. The molecule has 0 fully saturated rings. The van der Waals surface area contributed by atoms with E-state index >= 15 is 0 Å². The summed E-state index contributed by atoms with van der Waals surface area (Å²) in [6.07, 6.45) is 3.12. The topological polar surface area (TPSA) is 156 Å². The molecule has 2 heterocycles. The number of halogens is 1. The summed E-state index contributed by atoms with van der Waals surface area (Å²) in [4.78, 5) is 27.5. The van der Waals surface area contributed by atoms with Gasteiger partial charge in [-0.05, 0) is 28.6 Å². The Morgan fingerprint density at radius 2 is 1.95 bits per heavy atom. The van der Waals surface area contributed by atoms with Crippen LogP contribution in [0, 0.1) is 5.53 Å². The van der Waals surface area contributed by atoms with Crippen LogP contribution in [0.1, 0.15) is 10.4 Å². The highest BCUT2D eigenvalue weighted by Crippen LogP contribution is 2.13. The summed E-state index contributed by atoms with van der Waals surface area (Å²) in [7, 11) is 0. The van der Waals surface area contributed by atoms with Crippen molar-refractivity contribution < 1.29 is 9.90 Å². The fourth-order valence-corrected chi connectivity index (χ4v) is 1.24. The predicted octanol–water partition coefficient (Wildman–Crippen LogP) is 1.83. The van der Waals surface area contributed by atoms with Gasteiger partial charge in [-0.25, -0.2) is 9.89 Å². The molecule has 0 aliphatic carbocycles. The van der Waals surface area contributed by atoms with Gasteiger partial charge in [0.1, 0.15) is 5.56 Å². The smallest absolute Gasteiger partial charge is 0.341 e. The van der Waals surface area contributed by atoms with E-state index in [1.54, 1.807) is 29.4 Å². The van der Waals surface area contributed by atoms with Crippen LogP contribution < -0.4 is 5.56 Å².